The van der Waals surface area contributed by atoms with Crippen LogP contribution in [-0.2, 0) is 0 Å². The molecule has 6 nitrogen and oxygen atoms in total. The van der Waals surface area contributed by atoms with E-state index in [2.05, 4.69) is 20.5 Å². The zero-order valence-electron chi connectivity index (χ0n) is 8.93. The standard InChI is InChI=1S/C10H11N5OS/c11-6-3-12-15-8(6)9(16)14-10-13-7(4-17-10)5-1-2-5/h3-5H,1-2,11H2,(H,12,15)(H,13,14,16). The first-order chi connectivity index (χ1) is 8.24. The van der Waals surface area contributed by atoms with Gasteiger partial charge >= 0.3 is 0 Å². The summed E-state index contributed by atoms with van der Waals surface area (Å²) in [4.78, 5) is 16.2. The summed E-state index contributed by atoms with van der Waals surface area (Å²) < 4.78 is 0. The minimum Gasteiger partial charge on any atom is -0.396 e. The molecule has 7 heteroatoms. The SMILES string of the molecule is Nc1cn[nH]c1C(=O)Nc1nc(C2CC2)cs1. The zero-order valence-corrected chi connectivity index (χ0v) is 9.75. The third-order valence-electron chi connectivity index (χ3n) is 2.63. The lowest BCUT2D eigenvalue weighted by molar-refractivity contribution is 0.102. The van der Waals surface area contributed by atoms with Crippen molar-refractivity contribution < 1.29 is 4.79 Å². The lowest BCUT2D eigenvalue weighted by Gasteiger charge is -1.99. The molecule has 0 spiro atoms. The number of nitrogens with two attached hydrogens (primary N) is 1. The second-order valence-electron chi connectivity index (χ2n) is 4.01. The average molecular weight is 249 g/mol. The van der Waals surface area contributed by atoms with E-state index < -0.39 is 0 Å². The molecule has 1 saturated carbocycles. The molecule has 3 rings (SSSR count). The van der Waals surface area contributed by atoms with E-state index in [0.717, 1.165) is 5.69 Å². The highest BCUT2D eigenvalue weighted by Gasteiger charge is 2.26. The molecular formula is C10H11N5OS. The van der Waals surface area contributed by atoms with Crippen LogP contribution < -0.4 is 11.1 Å². The number of hydrogen-bond donors (Lipinski definition) is 3. The molecule has 1 aliphatic rings. The first-order valence-electron chi connectivity index (χ1n) is 5.29. The van der Waals surface area contributed by atoms with Gasteiger partial charge in [0.2, 0.25) is 0 Å². The lowest BCUT2D eigenvalue weighted by Crippen LogP contribution is -2.14. The molecular weight excluding hydrogens is 238 g/mol. The van der Waals surface area contributed by atoms with Gasteiger partial charge in [0.25, 0.3) is 5.91 Å². The molecule has 1 aliphatic carbocycles. The monoisotopic (exact) mass is 249 g/mol. The van der Waals surface area contributed by atoms with Crippen molar-refractivity contribution in [3.05, 3.63) is 23.0 Å². The Morgan fingerprint density at radius 2 is 2.41 bits per heavy atom. The van der Waals surface area contributed by atoms with Crippen LogP contribution in [-0.4, -0.2) is 21.1 Å². The molecule has 0 unspecified atom stereocenters. The lowest BCUT2D eigenvalue weighted by atomic mass is 10.3. The van der Waals surface area contributed by atoms with Crippen LogP contribution in [0.2, 0.25) is 0 Å². The van der Waals surface area contributed by atoms with Gasteiger partial charge in [-0.1, -0.05) is 0 Å². The third-order valence-corrected chi connectivity index (χ3v) is 3.41. The van der Waals surface area contributed by atoms with E-state index in [4.69, 9.17) is 5.73 Å². The Kier molecular flexibility index (Phi) is 2.32. The summed E-state index contributed by atoms with van der Waals surface area (Å²) in [6.07, 6.45) is 3.81. The number of amides is 1. The van der Waals surface area contributed by atoms with Crippen LogP contribution in [0.25, 0.3) is 0 Å². The summed E-state index contributed by atoms with van der Waals surface area (Å²) >= 11 is 1.43. The maximum atomic E-state index is 11.8. The summed E-state index contributed by atoms with van der Waals surface area (Å²) in [5, 5.41) is 11.6. The molecule has 0 bridgehead atoms. The Morgan fingerprint density at radius 1 is 1.59 bits per heavy atom. The van der Waals surface area contributed by atoms with Gasteiger partial charge in [0.1, 0.15) is 5.69 Å². The molecule has 2 heterocycles. The number of thiazole rings is 1. The maximum Gasteiger partial charge on any atom is 0.277 e. The summed E-state index contributed by atoms with van der Waals surface area (Å²) in [5.41, 5.74) is 7.27. The van der Waals surface area contributed by atoms with Gasteiger partial charge in [-0.25, -0.2) is 4.98 Å². The predicted molar refractivity (Wildman–Crippen MR) is 65.0 cm³/mol. The van der Waals surface area contributed by atoms with Crippen molar-refractivity contribution in [3.8, 4) is 0 Å². The number of hydrogen-bond acceptors (Lipinski definition) is 5. The number of nitrogen functional groups attached to an aromatic ring is 1. The Hall–Kier alpha value is -1.89. The molecule has 4 N–H and O–H groups in total. The summed E-state index contributed by atoms with van der Waals surface area (Å²) in [6, 6.07) is 0. The van der Waals surface area contributed by atoms with Crippen molar-refractivity contribution in [1.82, 2.24) is 15.2 Å². The van der Waals surface area contributed by atoms with Crippen LogP contribution in [0.15, 0.2) is 11.6 Å². The van der Waals surface area contributed by atoms with Crippen LogP contribution in [0.3, 0.4) is 0 Å². The molecule has 1 amide bonds. The minimum absolute atomic E-state index is 0.271. The van der Waals surface area contributed by atoms with Crippen LogP contribution in [0, 0.1) is 0 Å². The van der Waals surface area contributed by atoms with Crippen LogP contribution in [0.4, 0.5) is 10.8 Å². The van der Waals surface area contributed by atoms with E-state index in [1.165, 1.54) is 30.4 Å². The van der Waals surface area contributed by atoms with Gasteiger partial charge < -0.3 is 5.73 Å². The number of rotatable bonds is 3. The quantitative estimate of drug-likeness (QED) is 0.769. The van der Waals surface area contributed by atoms with Crippen molar-refractivity contribution in [1.29, 1.82) is 0 Å². The molecule has 0 atom stereocenters. The number of nitrogens with zero attached hydrogens (tertiary/aromatic N) is 2. The van der Waals surface area contributed by atoms with Crippen molar-refractivity contribution in [2.45, 2.75) is 18.8 Å². The van der Waals surface area contributed by atoms with Crippen molar-refractivity contribution in [2.24, 2.45) is 0 Å². The van der Waals surface area contributed by atoms with Crippen LogP contribution >= 0.6 is 11.3 Å². The van der Waals surface area contributed by atoms with Gasteiger partial charge in [-0.2, -0.15) is 5.10 Å². The molecule has 17 heavy (non-hydrogen) atoms. The van der Waals surface area contributed by atoms with Crippen molar-refractivity contribution in [3.63, 3.8) is 0 Å². The Balaban J connectivity index is 1.73. The Labute approximate surface area is 101 Å². The Bertz CT molecular complexity index is 557. The van der Waals surface area contributed by atoms with Crippen molar-refractivity contribution in [2.75, 3.05) is 11.1 Å². The molecule has 2 aromatic rings. The van der Waals surface area contributed by atoms with Gasteiger partial charge in [0.15, 0.2) is 5.13 Å². The first-order valence-corrected chi connectivity index (χ1v) is 6.17. The highest BCUT2D eigenvalue weighted by Crippen LogP contribution is 2.40. The fraction of sp³-hybridized carbons (Fsp3) is 0.300. The van der Waals surface area contributed by atoms with E-state index >= 15 is 0 Å². The van der Waals surface area contributed by atoms with Crippen LogP contribution in [0.1, 0.15) is 34.9 Å². The summed E-state index contributed by atoms with van der Waals surface area (Å²) in [6.45, 7) is 0. The highest BCUT2D eigenvalue weighted by atomic mass is 32.1. The maximum absolute atomic E-state index is 11.8. The number of H-pyrrole nitrogens is 1. The highest BCUT2D eigenvalue weighted by molar-refractivity contribution is 7.14. The molecule has 88 valence electrons. The number of nitrogens with one attached hydrogen (secondary N) is 2. The molecule has 2 aromatic heterocycles. The van der Waals surface area contributed by atoms with E-state index in [-0.39, 0.29) is 11.6 Å². The predicted octanol–water partition coefficient (Wildman–Crippen LogP) is 1.58. The van der Waals surface area contributed by atoms with E-state index in [1.807, 2.05) is 5.38 Å². The molecule has 0 radical (unpaired) electrons. The second kappa shape index (κ2) is 3.85. The topological polar surface area (TPSA) is 96.7 Å². The van der Waals surface area contributed by atoms with Gasteiger partial charge in [-0.15, -0.1) is 11.3 Å². The molecule has 0 aliphatic heterocycles. The van der Waals surface area contributed by atoms with Gasteiger partial charge in [-0.3, -0.25) is 15.2 Å². The zero-order chi connectivity index (χ0) is 11.8. The van der Waals surface area contributed by atoms with Gasteiger partial charge in [0.05, 0.1) is 17.6 Å². The largest absolute Gasteiger partial charge is 0.396 e. The normalized spacial score (nSPS) is 14.8. The average Bonchev–Trinajstić information content (AvgIpc) is 2.90. The van der Waals surface area contributed by atoms with E-state index in [0.29, 0.717) is 16.7 Å². The van der Waals surface area contributed by atoms with Gasteiger partial charge in [0, 0.05) is 11.3 Å². The summed E-state index contributed by atoms with van der Waals surface area (Å²) in [7, 11) is 0. The molecule has 0 saturated heterocycles. The van der Waals surface area contributed by atoms with Gasteiger partial charge in [-0.05, 0) is 12.8 Å². The minimum atomic E-state index is -0.309. The third kappa shape index (κ3) is 2.01. The number of aromatic amines is 1. The second-order valence-corrected chi connectivity index (χ2v) is 4.86. The fourth-order valence-corrected chi connectivity index (χ4v) is 2.33. The number of carbonyl (C=O) groups excluding carboxylic acids is 1. The van der Waals surface area contributed by atoms with E-state index in [9.17, 15) is 4.79 Å². The number of aromatic nitrogens is 3. The van der Waals surface area contributed by atoms with Crippen LogP contribution in [0.5, 0.6) is 0 Å². The smallest absolute Gasteiger partial charge is 0.277 e. The number of carbonyl (C=O) groups is 1. The number of anilines is 2. The van der Waals surface area contributed by atoms with Crippen molar-refractivity contribution >= 4 is 28.1 Å². The van der Waals surface area contributed by atoms with E-state index in [1.54, 1.807) is 0 Å². The fourth-order valence-electron chi connectivity index (χ4n) is 1.55. The first kappa shape index (κ1) is 10.3. The Morgan fingerprint density at radius 3 is 3.06 bits per heavy atom. The molecule has 0 aromatic carbocycles. The summed E-state index contributed by atoms with van der Waals surface area (Å²) in [5.74, 6) is 0.283. The molecule has 1 fully saturated rings.